The summed E-state index contributed by atoms with van der Waals surface area (Å²) >= 11 is 0.149. The summed E-state index contributed by atoms with van der Waals surface area (Å²) in [4.78, 5) is 0. The van der Waals surface area contributed by atoms with E-state index in [1.807, 2.05) is 36.4 Å². The second kappa shape index (κ2) is 14.8. The molecule has 2 aromatic rings. The first-order chi connectivity index (χ1) is 12.7. The molecule has 2 rings (SSSR count). The quantitative estimate of drug-likeness (QED) is 0.165. The van der Waals surface area contributed by atoms with Gasteiger partial charge in [-0.15, -0.1) is 0 Å². The van der Waals surface area contributed by atoms with E-state index in [-0.39, 0.29) is 26.9 Å². The Labute approximate surface area is 168 Å². The van der Waals surface area contributed by atoms with Gasteiger partial charge in [0.05, 0.1) is 0 Å². The number of aliphatic hydroxyl groups is 1. The number of unbranched alkanes of at least 4 members (excludes halogenated alkanes) is 2. The first kappa shape index (κ1) is 22.7. The fourth-order valence-corrected chi connectivity index (χ4v) is 6.56. The molecule has 1 unspecified atom stereocenters. The zero-order valence-corrected chi connectivity index (χ0v) is 18.8. The third kappa shape index (κ3) is 8.86. The van der Waals surface area contributed by atoms with Crippen molar-refractivity contribution in [3.8, 4) is 0 Å². The van der Waals surface area contributed by atoms with Crippen LogP contribution in [0.5, 0.6) is 0 Å². The van der Waals surface area contributed by atoms with Gasteiger partial charge in [0, 0.05) is 5.56 Å². The minimum absolute atomic E-state index is 0.149. The van der Waals surface area contributed by atoms with E-state index in [1.54, 1.807) is 33.1 Å². The summed E-state index contributed by atoms with van der Waals surface area (Å²) in [5, 5.41) is 22.4. The zero-order chi connectivity index (χ0) is 19.0. The molecule has 0 amide bonds. The van der Waals surface area contributed by atoms with E-state index in [2.05, 4.69) is 19.0 Å². The molecular formula is C22H31NO2Sn. The van der Waals surface area contributed by atoms with E-state index in [4.69, 9.17) is 5.21 Å². The van der Waals surface area contributed by atoms with Gasteiger partial charge >= 0.3 is 69.5 Å². The number of benzene rings is 2. The van der Waals surface area contributed by atoms with Crippen LogP contribution in [0.25, 0.3) is 0 Å². The van der Waals surface area contributed by atoms with E-state index in [0.717, 1.165) is 0 Å². The van der Waals surface area contributed by atoms with Crippen LogP contribution in [0.1, 0.15) is 56.8 Å². The summed E-state index contributed by atoms with van der Waals surface area (Å²) < 4.78 is 3.25. The first-order valence-electron chi connectivity index (χ1n) is 9.45. The number of hydrogen-bond acceptors (Lipinski definition) is 3. The van der Waals surface area contributed by atoms with E-state index in [9.17, 15) is 5.11 Å². The van der Waals surface area contributed by atoms with Crippen LogP contribution in [0, 0.1) is 0 Å². The number of rotatable bonds is 9. The van der Waals surface area contributed by atoms with E-state index in [1.165, 1.54) is 25.7 Å². The predicted octanol–water partition coefficient (Wildman–Crippen LogP) is 5.73. The van der Waals surface area contributed by atoms with Gasteiger partial charge in [-0.25, -0.2) is 0 Å². The Bertz CT molecular complexity index is 596. The second-order valence-corrected chi connectivity index (χ2v) is 10.4. The average molecular weight is 460 g/mol. The Kier molecular flexibility index (Phi) is 12.9. The van der Waals surface area contributed by atoms with Crippen LogP contribution in [0.3, 0.4) is 0 Å². The molecule has 0 spiro atoms. The smallest absolute Gasteiger partial charge is 0.125 e. The van der Waals surface area contributed by atoms with Crippen molar-refractivity contribution in [2.45, 2.75) is 54.5 Å². The summed E-state index contributed by atoms with van der Waals surface area (Å²) in [7, 11) is 0. The number of nitrogens with zero attached hydrogens (tertiary/aromatic N) is 1. The molecule has 2 N–H and O–H groups in total. The van der Waals surface area contributed by atoms with Gasteiger partial charge in [0.25, 0.3) is 0 Å². The zero-order valence-electron chi connectivity index (χ0n) is 15.9. The molecule has 2 radical (unpaired) electrons. The third-order valence-corrected chi connectivity index (χ3v) is 8.00. The van der Waals surface area contributed by atoms with Crippen LogP contribution in [-0.4, -0.2) is 37.2 Å². The Morgan fingerprint density at radius 3 is 1.85 bits per heavy atom. The minimum Gasteiger partial charge on any atom is -0.411 e. The summed E-state index contributed by atoms with van der Waals surface area (Å²) in [5.74, 6) is 0. The molecule has 0 saturated heterocycles. The van der Waals surface area contributed by atoms with Crippen LogP contribution in [0.15, 0.2) is 65.8 Å². The Hall–Kier alpha value is -1.33. The molecule has 0 fully saturated rings. The van der Waals surface area contributed by atoms with Crippen molar-refractivity contribution in [2.24, 2.45) is 5.16 Å². The van der Waals surface area contributed by atoms with Crippen molar-refractivity contribution in [1.82, 2.24) is 0 Å². The second-order valence-electron chi connectivity index (χ2n) is 6.12. The van der Waals surface area contributed by atoms with E-state index >= 15 is 0 Å². The summed E-state index contributed by atoms with van der Waals surface area (Å²) in [6.07, 6.45) is 4.91. The molecular weight excluding hydrogens is 429 g/mol. The molecule has 140 valence electrons. The molecule has 0 bridgehead atoms. The topological polar surface area (TPSA) is 52.8 Å². The summed E-state index contributed by atoms with van der Waals surface area (Å²) in [5.41, 5.74) is 1.65. The molecule has 1 atom stereocenters. The minimum atomic E-state index is -0.927. The third-order valence-electron chi connectivity index (χ3n) is 3.97. The van der Waals surface area contributed by atoms with Gasteiger partial charge in [0.2, 0.25) is 0 Å². The van der Waals surface area contributed by atoms with Gasteiger partial charge in [0.1, 0.15) is 11.8 Å². The molecule has 0 aliphatic heterocycles. The predicted molar refractivity (Wildman–Crippen MR) is 111 cm³/mol. The molecule has 4 heteroatoms. The first-order valence-corrected chi connectivity index (χ1v) is 13.5. The summed E-state index contributed by atoms with van der Waals surface area (Å²) in [6, 6.07) is 18.2. The Balaban J connectivity index is 0.000000321. The molecule has 2 aromatic carbocycles. The van der Waals surface area contributed by atoms with Crippen molar-refractivity contribution in [3.63, 3.8) is 0 Å². The SMILES string of the molecule is CCC[CH2][Sn][CH2]CCC.ON=C(c1ccccc1)C(O)c1ccccc1. The molecule has 0 saturated carbocycles. The van der Waals surface area contributed by atoms with Gasteiger partial charge in [-0.3, -0.25) is 0 Å². The molecule has 0 aliphatic rings. The van der Waals surface area contributed by atoms with Crippen LogP contribution >= 0.6 is 0 Å². The van der Waals surface area contributed by atoms with Gasteiger partial charge in [0.15, 0.2) is 0 Å². The van der Waals surface area contributed by atoms with Crippen molar-refractivity contribution in [1.29, 1.82) is 0 Å². The fraction of sp³-hybridized carbons (Fsp3) is 0.409. The maximum absolute atomic E-state index is 10.1. The standard InChI is InChI=1S/C14H13NO2.2C4H9.Sn/c16-14(12-9-5-2-6-10-12)13(15-17)11-7-3-1-4-8-11;2*1-3-4-2;/h1-10,14,16-17H;2*1,3-4H2,2H3;. The van der Waals surface area contributed by atoms with Crippen molar-refractivity contribution in [3.05, 3.63) is 71.8 Å². The van der Waals surface area contributed by atoms with Crippen molar-refractivity contribution < 1.29 is 10.3 Å². The Morgan fingerprint density at radius 2 is 1.38 bits per heavy atom. The maximum atomic E-state index is 10.1. The van der Waals surface area contributed by atoms with Gasteiger partial charge in [-0.05, 0) is 5.56 Å². The largest absolute Gasteiger partial charge is 0.411 e. The summed E-state index contributed by atoms with van der Waals surface area (Å²) in [6.45, 7) is 4.58. The Morgan fingerprint density at radius 1 is 0.885 bits per heavy atom. The fourth-order valence-electron chi connectivity index (χ4n) is 2.40. The molecule has 0 heterocycles. The average Bonchev–Trinajstić information content (AvgIpc) is 2.70. The number of aliphatic hydroxyl groups excluding tert-OH is 1. The number of hydrogen-bond donors (Lipinski definition) is 2. The van der Waals surface area contributed by atoms with Crippen LogP contribution in [0.4, 0.5) is 0 Å². The number of oxime groups is 1. The van der Waals surface area contributed by atoms with E-state index in [0.29, 0.717) is 11.1 Å². The molecule has 0 aromatic heterocycles. The van der Waals surface area contributed by atoms with Crippen LogP contribution in [-0.2, 0) is 0 Å². The van der Waals surface area contributed by atoms with E-state index < -0.39 is 6.10 Å². The van der Waals surface area contributed by atoms with Crippen molar-refractivity contribution >= 4 is 26.9 Å². The maximum Gasteiger partial charge on any atom is 0.125 e. The van der Waals surface area contributed by atoms with Crippen LogP contribution < -0.4 is 0 Å². The molecule has 0 aliphatic carbocycles. The van der Waals surface area contributed by atoms with Crippen molar-refractivity contribution in [2.75, 3.05) is 0 Å². The van der Waals surface area contributed by atoms with Gasteiger partial charge in [-0.2, -0.15) is 0 Å². The van der Waals surface area contributed by atoms with Crippen LogP contribution in [0.2, 0.25) is 8.87 Å². The van der Waals surface area contributed by atoms with Gasteiger partial charge in [-0.1, -0.05) is 65.8 Å². The normalized spacial score (nSPS) is 12.2. The monoisotopic (exact) mass is 461 g/mol. The molecule has 3 nitrogen and oxygen atoms in total. The van der Waals surface area contributed by atoms with Gasteiger partial charge < -0.3 is 10.3 Å². The molecule has 26 heavy (non-hydrogen) atoms.